The smallest absolute Gasteiger partial charge is 0.146 e. The van der Waals surface area contributed by atoms with E-state index in [0.717, 1.165) is 10.3 Å². The zero-order valence-corrected chi connectivity index (χ0v) is 11.2. The number of rotatable bonds is 2. The van der Waals surface area contributed by atoms with Crippen LogP contribution in [-0.4, -0.2) is 40.0 Å². The summed E-state index contributed by atoms with van der Waals surface area (Å²) >= 11 is 3.43. The van der Waals surface area contributed by atoms with Gasteiger partial charge in [0, 0.05) is 18.6 Å². The van der Waals surface area contributed by atoms with Gasteiger partial charge in [-0.1, -0.05) is 0 Å². The first-order valence-electron chi connectivity index (χ1n) is 6.02. The Morgan fingerprint density at radius 1 is 1.35 bits per heavy atom. The van der Waals surface area contributed by atoms with E-state index in [1.807, 2.05) is 0 Å². The van der Waals surface area contributed by atoms with E-state index in [9.17, 15) is 0 Å². The van der Waals surface area contributed by atoms with E-state index in [0.29, 0.717) is 17.9 Å². The molecule has 0 spiro atoms. The molecule has 0 amide bonds. The molecule has 2 saturated heterocycles. The number of nitrogens with zero attached hydrogens (tertiary/aromatic N) is 3. The fourth-order valence-electron chi connectivity index (χ4n) is 2.91. The summed E-state index contributed by atoms with van der Waals surface area (Å²) in [6, 6.07) is 1.15. The van der Waals surface area contributed by atoms with Crippen LogP contribution in [0.4, 0.5) is 11.6 Å². The van der Waals surface area contributed by atoms with Crippen molar-refractivity contribution in [3.63, 3.8) is 0 Å². The molecule has 2 atom stereocenters. The van der Waals surface area contributed by atoms with E-state index in [1.54, 1.807) is 0 Å². The second-order valence-corrected chi connectivity index (χ2v) is 5.50. The molecule has 3 rings (SSSR count). The van der Waals surface area contributed by atoms with Gasteiger partial charge in [0.2, 0.25) is 0 Å². The van der Waals surface area contributed by atoms with Crippen LogP contribution in [-0.2, 0) is 0 Å². The van der Waals surface area contributed by atoms with Gasteiger partial charge in [-0.25, -0.2) is 9.97 Å². The van der Waals surface area contributed by atoms with Crippen LogP contribution in [0, 0.1) is 0 Å². The van der Waals surface area contributed by atoms with Gasteiger partial charge in [-0.15, -0.1) is 0 Å². The molecule has 2 aliphatic rings. The lowest BCUT2D eigenvalue weighted by atomic mass is 10.1. The minimum atomic E-state index is 0.489. The Morgan fingerprint density at radius 3 is 3.12 bits per heavy atom. The SMILES string of the molecule is Nc1ncnc(NC2CCN3CCCC23)c1Br. The number of hydrogen-bond acceptors (Lipinski definition) is 5. The van der Waals surface area contributed by atoms with Crippen LogP contribution in [0.15, 0.2) is 10.8 Å². The molecule has 2 unspecified atom stereocenters. The van der Waals surface area contributed by atoms with Crippen molar-refractivity contribution in [1.82, 2.24) is 14.9 Å². The summed E-state index contributed by atoms with van der Waals surface area (Å²) in [4.78, 5) is 10.8. The van der Waals surface area contributed by atoms with Crippen LogP contribution < -0.4 is 11.1 Å². The van der Waals surface area contributed by atoms with Gasteiger partial charge in [0.1, 0.15) is 22.4 Å². The number of anilines is 2. The molecular weight excluding hydrogens is 282 g/mol. The molecule has 0 bridgehead atoms. The molecule has 3 heterocycles. The predicted molar refractivity (Wildman–Crippen MR) is 70.8 cm³/mol. The maximum absolute atomic E-state index is 5.75. The maximum atomic E-state index is 5.75. The Morgan fingerprint density at radius 2 is 2.24 bits per heavy atom. The molecule has 2 fully saturated rings. The van der Waals surface area contributed by atoms with E-state index >= 15 is 0 Å². The number of fused-ring (bicyclic) bond motifs is 1. The average molecular weight is 298 g/mol. The molecule has 17 heavy (non-hydrogen) atoms. The fourth-order valence-corrected chi connectivity index (χ4v) is 3.23. The first-order chi connectivity index (χ1) is 8.25. The van der Waals surface area contributed by atoms with Crippen molar-refractivity contribution in [2.24, 2.45) is 0 Å². The molecule has 92 valence electrons. The lowest BCUT2D eigenvalue weighted by molar-refractivity contribution is 0.318. The maximum Gasteiger partial charge on any atom is 0.146 e. The Bertz CT molecular complexity index is 424. The molecule has 0 aromatic carbocycles. The zero-order chi connectivity index (χ0) is 11.8. The van der Waals surface area contributed by atoms with Crippen LogP contribution in [0.3, 0.4) is 0 Å². The van der Waals surface area contributed by atoms with Crippen LogP contribution in [0.25, 0.3) is 0 Å². The molecule has 1 aromatic rings. The quantitative estimate of drug-likeness (QED) is 0.865. The van der Waals surface area contributed by atoms with Crippen LogP contribution in [0.5, 0.6) is 0 Å². The fraction of sp³-hybridized carbons (Fsp3) is 0.636. The van der Waals surface area contributed by atoms with Gasteiger partial charge in [0.15, 0.2) is 0 Å². The molecule has 1 aromatic heterocycles. The van der Waals surface area contributed by atoms with E-state index in [1.165, 1.54) is 38.7 Å². The Hall–Kier alpha value is -0.880. The molecule has 5 nitrogen and oxygen atoms in total. The normalized spacial score (nSPS) is 28.3. The predicted octanol–water partition coefficient (Wildman–Crippen LogP) is 1.47. The number of nitrogen functional groups attached to an aromatic ring is 1. The van der Waals surface area contributed by atoms with Gasteiger partial charge < -0.3 is 11.1 Å². The largest absolute Gasteiger partial charge is 0.383 e. The monoisotopic (exact) mass is 297 g/mol. The molecule has 6 heteroatoms. The van der Waals surface area contributed by atoms with Gasteiger partial charge in [0.05, 0.1) is 0 Å². The zero-order valence-electron chi connectivity index (χ0n) is 9.56. The van der Waals surface area contributed by atoms with Crippen LogP contribution in [0.1, 0.15) is 19.3 Å². The van der Waals surface area contributed by atoms with E-state index < -0.39 is 0 Å². The number of nitrogens with two attached hydrogens (primary N) is 1. The molecule has 2 aliphatic heterocycles. The minimum absolute atomic E-state index is 0.489. The highest BCUT2D eigenvalue weighted by molar-refractivity contribution is 9.10. The number of aromatic nitrogens is 2. The second-order valence-electron chi connectivity index (χ2n) is 4.71. The van der Waals surface area contributed by atoms with Crippen LogP contribution >= 0.6 is 15.9 Å². The Labute approximate surface area is 109 Å². The highest BCUT2D eigenvalue weighted by Crippen LogP contribution is 2.32. The van der Waals surface area contributed by atoms with Crippen molar-refractivity contribution in [1.29, 1.82) is 0 Å². The summed E-state index contributed by atoms with van der Waals surface area (Å²) in [7, 11) is 0. The number of hydrogen-bond donors (Lipinski definition) is 2. The second kappa shape index (κ2) is 4.42. The summed E-state index contributed by atoms with van der Waals surface area (Å²) in [6.07, 6.45) is 5.29. The van der Waals surface area contributed by atoms with Crippen molar-refractivity contribution < 1.29 is 0 Å². The van der Waals surface area contributed by atoms with E-state index in [-0.39, 0.29) is 0 Å². The summed E-state index contributed by atoms with van der Waals surface area (Å²) in [6.45, 7) is 2.44. The minimum Gasteiger partial charge on any atom is -0.383 e. The van der Waals surface area contributed by atoms with Crippen LogP contribution in [0.2, 0.25) is 0 Å². The first kappa shape index (κ1) is 11.2. The van der Waals surface area contributed by atoms with Crippen molar-refractivity contribution in [2.45, 2.75) is 31.3 Å². The summed E-state index contributed by atoms with van der Waals surface area (Å²) in [5.74, 6) is 1.31. The third kappa shape index (κ3) is 1.99. The summed E-state index contributed by atoms with van der Waals surface area (Å²) in [5.41, 5.74) is 5.75. The lowest BCUT2D eigenvalue weighted by Crippen LogP contribution is -2.34. The van der Waals surface area contributed by atoms with Crippen molar-refractivity contribution in [2.75, 3.05) is 24.1 Å². The number of halogens is 1. The molecule has 0 saturated carbocycles. The van der Waals surface area contributed by atoms with Gasteiger partial charge >= 0.3 is 0 Å². The van der Waals surface area contributed by atoms with E-state index in [4.69, 9.17) is 5.73 Å². The third-order valence-electron chi connectivity index (χ3n) is 3.74. The lowest BCUT2D eigenvalue weighted by Gasteiger charge is -2.22. The third-order valence-corrected chi connectivity index (χ3v) is 4.53. The van der Waals surface area contributed by atoms with Gasteiger partial charge in [-0.05, 0) is 41.7 Å². The van der Waals surface area contributed by atoms with Crippen molar-refractivity contribution in [3.8, 4) is 0 Å². The summed E-state index contributed by atoms with van der Waals surface area (Å²) in [5, 5.41) is 3.50. The van der Waals surface area contributed by atoms with Crippen molar-refractivity contribution >= 4 is 27.6 Å². The molecule has 0 radical (unpaired) electrons. The van der Waals surface area contributed by atoms with E-state index in [2.05, 4.69) is 36.1 Å². The Balaban J connectivity index is 1.76. The highest BCUT2D eigenvalue weighted by Gasteiger charge is 2.37. The Kier molecular flexibility index (Phi) is 2.92. The van der Waals surface area contributed by atoms with Gasteiger partial charge in [0.25, 0.3) is 0 Å². The summed E-state index contributed by atoms with van der Waals surface area (Å²) < 4.78 is 0.774. The topological polar surface area (TPSA) is 67.1 Å². The first-order valence-corrected chi connectivity index (χ1v) is 6.81. The average Bonchev–Trinajstić information content (AvgIpc) is 2.89. The standard InChI is InChI=1S/C11H16BrN5/c12-9-10(13)14-6-15-11(9)16-7-3-5-17-4-1-2-8(7)17/h6-8H,1-5H2,(H3,13,14,15,16). The molecule has 3 N–H and O–H groups in total. The molecule has 0 aliphatic carbocycles. The van der Waals surface area contributed by atoms with Gasteiger partial charge in [-0.2, -0.15) is 0 Å². The highest BCUT2D eigenvalue weighted by atomic mass is 79.9. The van der Waals surface area contributed by atoms with Gasteiger partial charge in [-0.3, -0.25) is 4.90 Å². The molecular formula is C11H16BrN5. The van der Waals surface area contributed by atoms with Crippen molar-refractivity contribution in [3.05, 3.63) is 10.8 Å². The number of nitrogens with one attached hydrogen (secondary N) is 1.